The lowest BCUT2D eigenvalue weighted by atomic mass is 10.0. The molecule has 4 aromatic rings. The molecule has 4 rings (SSSR count). The molecule has 364 valence electrons. The van der Waals surface area contributed by atoms with Crippen molar-refractivity contribution in [2.75, 3.05) is 30.3 Å². The van der Waals surface area contributed by atoms with E-state index in [4.69, 9.17) is 124 Å². The Bertz CT molecular complexity index is 2250. The van der Waals surface area contributed by atoms with E-state index in [-0.39, 0.29) is 71.5 Å². The molecule has 18 nitrogen and oxygen atoms in total. The number of aromatic hydroxyl groups is 1. The number of phenolic OH excluding ortho intramolecular Hbond substituents is 1. The Morgan fingerprint density at radius 3 is 1.46 bits per heavy atom. The van der Waals surface area contributed by atoms with Crippen molar-refractivity contribution in [1.29, 1.82) is 21.6 Å². The van der Waals surface area contributed by atoms with E-state index in [0.29, 0.717) is 34.5 Å². The van der Waals surface area contributed by atoms with Gasteiger partial charge >= 0.3 is 5.97 Å². The Balaban J connectivity index is 0.000000355. The standard InChI is InChI=1S/C22H30Cl2N10.C19H16Cl6O8/c23-15-5-9-17(10-6-15)31-21(27)33-19(25)29-13-3-1-2-4-14-30-20(26)34-22(28)32-18-11-7-16(24)8-12-18;20-7-2-9(22)14(28)5(12(7)24)1-6-13(25)8(21)3-10(23)18(6)33-19(32)17(31)16(30)15(29)11(27)4-26/h5-12H,1-4,13-14H2,(H5,25,27,29,31,33)(H5,26,28,30,32,34);2-3,11,15-17,26-31H,1,4H2/t;11-,15-,16+,17-/m.1/s1. The number of rotatable bonds is 17. The number of unbranched alkanes of at least 4 members (excludes halogenated alkanes) is 3. The van der Waals surface area contributed by atoms with E-state index < -0.39 is 48.5 Å². The number of nitrogens with one attached hydrogen (secondary N) is 10. The predicted octanol–water partition coefficient (Wildman–Crippen LogP) is 7.42. The molecule has 0 aromatic heterocycles. The van der Waals surface area contributed by atoms with Crippen LogP contribution in [0.3, 0.4) is 0 Å². The number of guanidine groups is 4. The number of halogens is 8. The lowest BCUT2D eigenvalue weighted by Gasteiger charge is -2.25. The van der Waals surface area contributed by atoms with Gasteiger partial charge in [-0.1, -0.05) is 106 Å². The first kappa shape index (κ1) is 57.1. The van der Waals surface area contributed by atoms with Crippen molar-refractivity contribution in [3.63, 3.8) is 0 Å². The molecule has 67 heavy (non-hydrogen) atoms. The van der Waals surface area contributed by atoms with Gasteiger partial charge in [0.2, 0.25) is 0 Å². The second-order valence-electron chi connectivity index (χ2n) is 14.0. The number of hydrogen-bond acceptors (Lipinski definition) is 12. The van der Waals surface area contributed by atoms with Gasteiger partial charge in [0.15, 0.2) is 35.7 Å². The fourth-order valence-corrected chi connectivity index (χ4v) is 7.19. The summed E-state index contributed by atoms with van der Waals surface area (Å²) < 4.78 is 5.10. The van der Waals surface area contributed by atoms with Crippen LogP contribution < -0.4 is 36.6 Å². The molecule has 4 aromatic carbocycles. The number of carbonyl (C=O) groups is 1. The molecule has 26 heteroatoms. The monoisotopic (exact) mass is 1090 g/mol. The molecule has 0 saturated carbocycles. The predicted molar refractivity (Wildman–Crippen MR) is 266 cm³/mol. The zero-order chi connectivity index (χ0) is 50.0. The van der Waals surface area contributed by atoms with E-state index in [1.807, 2.05) is 0 Å². The van der Waals surface area contributed by atoms with Gasteiger partial charge in [0.25, 0.3) is 0 Å². The van der Waals surface area contributed by atoms with Crippen molar-refractivity contribution in [3.05, 3.63) is 112 Å². The number of aliphatic hydroxyl groups excluding tert-OH is 5. The molecule has 0 aliphatic carbocycles. The highest BCUT2D eigenvalue weighted by atomic mass is 35.5. The van der Waals surface area contributed by atoms with Crippen molar-refractivity contribution in [2.24, 2.45) is 0 Å². The topological polar surface area (TPSA) is 315 Å². The fraction of sp³-hybridized carbons (Fsp3) is 0.293. The third-order valence-electron chi connectivity index (χ3n) is 8.95. The van der Waals surface area contributed by atoms with Gasteiger partial charge in [0.1, 0.15) is 24.1 Å². The summed E-state index contributed by atoms with van der Waals surface area (Å²) in [4.78, 5) is 12.4. The average Bonchev–Trinajstić information content (AvgIpc) is 3.28. The van der Waals surface area contributed by atoms with Gasteiger partial charge in [-0.2, -0.15) is 0 Å². The van der Waals surface area contributed by atoms with E-state index in [0.717, 1.165) is 31.7 Å². The van der Waals surface area contributed by atoms with Gasteiger partial charge in [-0.05, 0) is 73.5 Å². The minimum Gasteiger partial charge on any atom is -0.506 e. The summed E-state index contributed by atoms with van der Waals surface area (Å²) >= 11 is 48.2. The number of aliphatic hydroxyl groups is 5. The first-order valence-corrected chi connectivity index (χ1v) is 22.6. The number of benzene rings is 4. The number of esters is 1. The largest absolute Gasteiger partial charge is 0.506 e. The highest BCUT2D eigenvalue weighted by molar-refractivity contribution is 6.45. The number of phenols is 1. The third-order valence-corrected chi connectivity index (χ3v) is 11.7. The Hall–Kier alpha value is -4.25. The summed E-state index contributed by atoms with van der Waals surface area (Å²) in [5.74, 6) is -2.23. The smallest absolute Gasteiger partial charge is 0.343 e. The summed E-state index contributed by atoms with van der Waals surface area (Å²) in [5.41, 5.74) is 1.35. The lowest BCUT2D eigenvalue weighted by molar-refractivity contribution is -0.161. The van der Waals surface area contributed by atoms with E-state index >= 15 is 0 Å². The minimum absolute atomic E-state index is 0.00148. The lowest BCUT2D eigenvalue weighted by Crippen LogP contribution is -2.49. The first-order chi connectivity index (χ1) is 31.6. The Morgan fingerprint density at radius 1 is 0.582 bits per heavy atom. The summed E-state index contributed by atoms with van der Waals surface area (Å²) in [6, 6.07) is 16.3. The molecule has 0 radical (unpaired) electrons. The molecule has 0 fully saturated rings. The maximum absolute atomic E-state index is 12.4. The molecule has 0 unspecified atom stereocenters. The fourth-order valence-electron chi connectivity index (χ4n) is 5.48. The van der Waals surface area contributed by atoms with Crippen LogP contribution in [0.4, 0.5) is 11.4 Å². The molecule has 0 aliphatic heterocycles. The summed E-state index contributed by atoms with van der Waals surface area (Å²) in [7, 11) is 0. The molecular formula is C41H46Cl8N10O8. The molecular weight excluding hydrogens is 1040 g/mol. The van der Waals surface area contributed by atoms with Gasteiger partial charge in [-0.25, -0.2) is 4.79 Å². The van der Waals surface area contributed by atoms with Crippen molar-refractivity contribution >= 4 is 134 Å². The molecule has 0 aliphatic rings. The van der Waals surface area contributed by atoms with Crippen LogP contribution >= 0.6 is 92.8 Å². The maximum Gasteiger partial charge on any atom is 0.343 e. The van der Waals surface area contributed by atoms with Crippen LogP contribution in [-0.4, -0.2) is 105 Å². The first-order valence-electron chi connectivity index (χ1n) is 19.6. The Kier molecular flexibility index (Phi) is 24.1. The van der Waals surface area contributed by atoms with Gasteiger partial charge < -0.3 is 56.6 Å². The highest BCUT2D eigenvalue weighted by Gasteiger charge is 2.36. The number of anilines is 2. The molecule has 0 spiro atoms. The van der Waals surface area contributed by atoms with Crippen molar-refractivity contribution in [3.8, 4) is 11.5 Å². The average molecular weight is 1090 g/mol. The zero-order valence-corrected chi connectivity index (χ0v) is 40.8. The van der Waals surface area contributed by atoms with Crippen molar-refractivity contribution in [1.82, 2.24) is 21.3 Å². The zero-order valence-electron chi connectivity index (χ0n) is 34.8. The van der Waals surface area contributed by atoms with Crippen LogP contribution in [0.5, 0.6) is 11.5 Å². The maximum atomic E-state index is 12.4. The number of hydrogen-bond donors (Lipinski definition) is 16. The third kappa shape index (κ3) is 18.6. The molecule has 0 saturated heterocycles. The Morgan fingerprint density at radius 2 is 1.01 bits per heavy atom. The molecule has 16 N–H and O–H groups in total. The van der Waals surface area contributed by atoms with Crippen LogP contribution in [0.25, 0.3) is 0 Å². The van der Waals surface area contributed by atoms with Crippen LogP contribution in [0.1, 0.15) is 36.8 Å². The van der Waals surface area contributed by atoms with Gasteiger partial charge in [0.05, 0.1) is 36.7 Å². The number of ether oxygens (including phenoxy) is 1. The SMILES string of the molecule is N=C(NCCCCCCNC(=N)NC(=N)Nc1ccc(Cl)cc1)NC(=N)Nc1ccc(Cl)cc1.O=C(Oc1c(Cl)cc(Cl)c(Cl)c1Cc1c(O)c(Cl)cc(Cl)c1Cl)[C@H](O)[C@@H](O)[C@H](O)[C@H](O)CO. The molecule has 4 atom stereocenters. The number of carbonyl (C=O) groups excluding carboxylic acids is 1. The molecule has 0 amide bonds. The van der Waals surface area contributed by atoms with E-state index in [2.05, 4.69) is 31.9 Å². The summed E-state index contributed by atoms with van der Waals surface area (Å²) in [6.07, 6.45) is -5.14. The van der Waals surface area contributed by atoms with Gasteiger partial charge in [0, 0.05) is 52.1 Å². The van der Waals surface area contributed by atoms with Crippen LogP contribution in [-0.2, 0) is 11.2 Å². The van der Waals surface area contributed by atoms with Crippen LogP contribution in [0.2, 0.25) is 40.2 Å². The summed E-state index contributed by atoms with van der Waals surface area (Å²) in [5, 5.41) is 107. The van der Waals surface area contributed by atoms with E-state index in [1.54, 1.807) is 48.5 Å². The second-order valence-corrected chi connectivity index (χ2v) is 17.3. The van der Waals surface area contributed by atoms with Crippen molar-refractivity contribution < 1.29 is 40.2 Å². The Labute approximate surface area is 424 Å². The van der Waals surface area contributed by atoms with Gasteiger partial charge in [-0.3, -0.25) is 32.3 Å². The summed E-state index contributed by atoms with van der Waals surface area (Å²) in [6.45, 7) is 0.298. The molecule has 0 heterocycles. The minimum atomic E-state index is -2.36. The highest BCUT2D eigenvalue weighted by Crippen LogP contribution is 2.45. The van der Waals surface area contributed by atoms with Crippen molar-refractivity contribution in [2.45, 2.75) is 56.5 Å². The second kappa shape index (κ2) is 28.3. The van der Waals surface area contributed by atoms with Crippen LogP contribution in [0, 0.1) is 21.6 Å². The van der Waals surface area contributed by atoms with Gasteiger partial charge in [-0.15, -0.1) is 0 Å². The molecule has 0 bridgehead atoms. The van der Waals surface area contributed by atoms with E-state index in [1.165, 1.54) is 6.07 Å². The quantitative estimate of drug-likeness (QED) is 0.0122. The van der Waals surface area contributed by atoms with E-state index in [9.17, 15) is 30.3 Å². The van der Waals surface area contributed by atoms with Crippen LogP contribution in [0.15, 0.2) is 60.7 Å². The normalized spacial score (nSPS) is 12.6.